The number of piperidine rings is 1. The van der Waals surface area contributed by atoms with Gasteiger partial charge < -0.3 is 9.80 Å². The second-order valence-electron chi connectivity index (χ2n) is 9.13. The first-order chi connectivity index (χ1) is 14.7. The quantitative estimate of drug-likeness (QED) is 0.687. The highest BCUT2D eigenvalue weighted by Gasteiger charge is 2.42. The number of likely N-dealkylation sites (tertiary alicyclic amines) is 1. The van der Waals surface area contributed by atoms with Gasteiger partial charge in [-0.15, -0.1) is 11.3 Å². The van der Waals surface area contributed by atoms with E-state index in [1.54, 1.807) is 41.5 Å². The minimum absolute atomic E-state index is 0.0177. The lowest BCUT2D eigenvalue weighted by Gasteiger charge is -2.31. The monoisotopic (exact) mass is 461 g/mol. The molecular formula is C23H31N3O3S2. The van der Waals surface area contributed by atoms with E-state index in [4.69, 9.17) is 0 Å². The number of carbonyl (C=O) groups excluding carboxylic acids is 1. The number of anilines is 1. The van der Waals surface area contributed by atoms with Crippen molar-refractivity contribution in [3.05, 3.63) is 46.2 Å². The molecule has 0 saturated carbocycles. The molecule has 1 fully saturated rings. The molecule has 1 saturated heterocycles. The maximum absolute atomic E-state index is 12.9. The SMILES string of the molecule is CN1C(=O)C(C)(C)c2cc(S(=O)(=O)NCC3CCN(CCc4cccs4)CC3)ccc21. The summed E-state index contributed by atoms with van der Waals surface area (Å²) in [6.45, 7) is 7.23. The number of hydrogen-bond donors (Lipinski definition) is 1. The second kappa shape index (κ2) is 8.65. The standard InChI is InChI=1S/C23H31N3O3S2/c1-23(2)20-15-19(6-7-21(20)25(3)22(23)27)31(28,29)24-16-17-8-11-26(12-9-17)13-10-18-5-4-14-30-18/h4-7,14-15,17,24H,8-13,16H2,1-3H3. The number of rotatable bonds is 7. The number of hydrogen-bond acceptors (Lipinski definition) is 5. The molecule has 0 aliphatic carbocycles. The highest BCUT2D eigenvalue weighted by molar-refractivity contribution is 7.89. The number of fused-ring (bicyclic) bond motifs is 1. The van der Waals surface area contributed by atoms with Crippen LogP contribution in [0, 0.1) is 5.92 Å². The van der Waals surface area contributed by atoms with Gasteiger partial charge in [-0.3, -0.25) is 4.79 Å². The van der Waals surface area contributed by atoms with Crippen molar-refractivity contribution in [3.8, 4) is 0 Å². The lowest BCUT2D eigenvalue weighted by atomic mass is 9.86. The molecule has 1 amide bonds. The third-order valence-corrected chi connectivity index (χ3v) is 9.03. The molecule has 6 nitrogen and oxygen atoms in total. The molecule has 0 bridgehead atoms. The van der Waals surface area contributed by atoms with Gasteiger partial charge in [0, 0.05) is 30.7 Å². The maximum atomic E-state index is 12.9. The minimum atomic E-state index is -3.61. The summed E-state index contributed by atoms with van der Waals surface area (Å²) in [7, 11) is -1.88. The van der Waals surface area contributed by atoms with E-state index in [0.29, 0.717) is 12.5 Å². The number of benzene rings is 1. The van der Waals surface area contributed by atoms with Gasteiger partial charge in [0.25, 0.3) is 0 Å². The molecule has 2 aliphatic rings. The van der Waals surface area contributed by atoms with Crippen LogP contribution < -0.4 is 9.62 Å². The summed E-state index contributed by atoms with van der Waals surface area (Å²) in [6.07, 6.45) is 3.09. The Morgan fingerprint density at radius 1 is 1.19 bits per heavy atom. The van der Waals surface area contributed by atoms with Crippen molar-refractivity contribution in [2.45, 2.75) is 43.4 Å². The fourth-order valence-electron chi connectivity index (χ4n) is 4.57. The second-order valence-corrected chi connectivity index (χ2v) is 11.9. The molecule has 4 rings (SSSR count). The van der Waals surface area contributed by atoms with Crippen molar-refractivity contribution in [3.63, 3.8) is 0 Å². The lowest BCUT2D eigenvalue weighted by Crippen LogP contribution is -2.39. The van der Waals surface area contributed by atoms with E-state index in [1.165, 1.54) is 4.88 Å². The van der Waals surface area contributed by atoms with Crippen LogP contribution in [0.25, 0.3) is 0 Å². The van der Waals surface area contributed by atoms with Gasteiger partial charge in [-0.25, -0.2) is 13.1 Å². The highest BCUT2D eigenvalue weighted by Crippen LogP contribution is 2.41. The van der Waals surface area contributed by atoms with Crippen LogP contribution in [0.5, 0.6) is 0 Å². The molecule has 3 heterocycles. The number of nitrogens with zero attached hydrogens (tertiary/aromatic N) is 2. The summed E-state index contributed by atoms with van der Waals surface area (Å²) >= 11 is 1.80. The van der Waals surface area contributed by atoms with Crippen LogP contribution in [0.3, 0.4) is 0 Å². The zero-order valence-electron chi connectivity index (χ0n) is 18.4. The van der Waals surface area contributed by atoms with E-state index in [2.05, 4.69) is 27.1 Å². The first-order valence-electron chi connectivity index (χ1n) is 10.9. The van der Waals surface area contributed by atoms with Crippen molar-refractivity contribution in [1.82, 2.24) is 9.62 Å². The van der Waals surface area contributed by atoms with Gasteiger partial charge in [-0.1, -0.05) is 6.07 Å². The highest BCUT2D eigenvalue weighted by atomic mass is 32.2. The molecule has 2 aromatic rings. The first-order valence-corrected chi connectivity index (χ1v) is 13.2. The zero-order chi connectivity index (χ0) is 22.2. The Kier molecular flexibility index (Phi) is 6.27. The third kappa shape index (κ3) is 4.58. The van der Waals surface area contributed by atoms with Gasteiger partial charge in [0.15, 0.2) is 0 Å². The summed E-state index contributed by atoms with van der Waals surface area (Å²) in [5, 5.41) is 2.12. The number of nitrogens with one attached hydrogen (secondary N) is 1. The predicted octanol–water partition coefficient (Wildman–Crippen LogP) is 3.24. The van der Waals surface area contributed by atoms with Crippen LogP contribution in [-0.2, 0) is 26.7 Å². The lowest BCUT2D eigenvalue weighted by molar-refractivity contribution is -0.121. The Morgan fingerprint density at radius 2 is 1.94 bits per heavy atom. The van der Waals surface area contributed by atoms with E-state index < -0.39 is 15.4 Å². The Labute approximate surface area is 189 Å². The average molecular weight is 462 g/mol. The number of thiophene rings is 1. The van der Waals surface area contributed by atoms with E-state index in [0.717, 1.165) is 50.1 Å². The van der Waals surface area contributed by atoms with Gasteiger partial charge in [0.2, 0.25) is 15.9 Å². The summed E-state index contributed by atoms with van der Waals surface area (Å²) in [5.41, 5.74) is 0.830. The van der Waals surface area contributed by atoms with Crippen LogP contribution in [0.1, 0.15) is 37.1 Å². The minimum Gasteiger partial charge on any atom is -0.314 e. The molecule has 0 unspecified atom stereocenters. The van der Waals surface area contributed by atoms with Crippen LogP contribution >= 0.6 is 11.3 Å². The molecule has 0 atom stereocenters. The number of amides is 1. The first kappa shape index (κ1) is 22.5. The number of carbonyl (C=O) groups is 1. The van der Waals surface area contributed by atoms with Gasteiger partial charge in [0.1, 0.15) is 0 Å². The molecule has 0 spiro atoms. The molecular weight excluding hydrogens is 430 g/mol. The van der Waals surface area contributed by atoms with E-state index >= 15 is 0 Å². The molecule has 1 aromatic carbocycles. The Bertz CT molecular complexity index is 1040. The van der Waals surface area contributed by atoms with Crippen molar-refractivity contribution >= 4 is 33.0 Å². The van der Waals surface area contributed by atoms with Crippen molar-refractivity contribution in [2.24, 2.45) is 5.92 Å². The van der Waals surface area contributed by atoms with Gasteiger partial charge >= 0.3 is 0 Å². The number of sulfonamides is 1. The smallest absolute Gasteiger partial charge is 0.240 e. The summed E-state index contributed by atoms with van der Waals surface area (Å²) in [4.78, 5) is 18.2. The van der Waals surface area contributed by atoms with Crippen LogP contribution in [-0.4, -0.2) is 52.5 Å². The molecule has 2 aliphatic heterocycles. The normalized spacial score (nSPS) is 19.7. The van der Waals surface area contributed by atoms with Crippen molar-refractivity contribution in [1.29, 1.82) is 0 Å². The molecule has 1 aromatic heterocycles. The fraction of sp³-hybridized carbons (Fsp3) is 0.522. The Balaban J connectivity index is 1.32. The van der Waals surface area contributed by atoms with Gasteiger partial charge in [-0.2, -0.15) is 0 Å². The topological polar surface area (TPSA) is 69.7 Å². The summed E-state index contributed by atoms with van der Waals surface area (Å²) < 4.78 is 28.7. The molecule has 31 heavy (non-hydrogen) atoms. The average Bonchev–Trinajstić information content (AvgIpc) is 3.34. The van der Waals surface area contributed by atoms with E-state index in [-0.39, 0.29) is 10.8 Å². The fourth-order valence-corrected chi connectivity index (χ4v) is 6.41. The predicted molar refractivity (Wildman–Crippen MR) is 125 cm³/mol. The molecule has 8 heteroatoms. The molecule has 168 valence electrons. The van der Waals surface area contributed by atoms with Crippen molar-refractivity contribution < 1.29 is 13.2 Å². The van der Waals surface area contributed by atoms with E-state index in [9.17, 15) is 13.2 Å². The third-order valence-electron chi connectivity index (χ3n) is 6.68. The summed E-state index contributed by atoms with van der Waals surface area (Å²) in [6, 6.07) is 9.27. The van der Waals surface area contributed by atoms with Gasteiger partial charge in [0.05, 0.1) is 10.3 Å². The Hall–Kier alpha value is -1.74. The van der Waals surface area contributed by atoms with Crippen molar-refractivity contribution in [2.75, 3.05) is 38.1 Å². The maximum Gasteiger partial charge on any atom is 0.240 e. The number of likely N-dealkylation sites (N-methyl/N-ethyl adjacent to an activating group) is 1. The van der Waals surface area contributed by atoms with Gasteiger partial charge in [-0.05, 0) is 87.3 Å². The Morgan fingerprint density at radius 3 is 2.61 bits per heavy atom. The van der Waals surface area contributed by atoms with Crippen LogP contribution in [0.2, 0.25) is 0 Å². The zero-order valence-corrected chi connectivity index (χ0v) is 20.1. The molecule has 0 radical (unpaired) electrons. The van der Waals surface area contributed by atoms with E-state index in [1.807, 2.05) is 13.8 Å². The van der Waals surface area contributed by atoms with Crippen LogP contribution in [0.15, 0.2) is 40.6 Å². The summed E-state index contributed by atoms with van der Waals surface area (Å²) in [5.74, 6) is 0.335. The van der Waals surface area contributed by atoms with Crippen LogP contribution in [0.4, 0.5) is 5.69 Å². The largest absolute Gasteiger partial charge is 0.314 e. The molecule has 1 N–H and O–H groups in total.